The van der Waals surface area contributed by atoms with Crippen molar-refractivity contribution < 1.29 is 9.47 Å². The maximum Gasteiger partial charge on any atom is 0.162 e. The number of hydrogen-bond donors (Lipinski definition) is 0. The van der Waals surface area contributed by atoms with Crippen molar-refractivity contribution in [3.63, 3.8) is 0 Å². The molecule has 13 heavy (non-hydrogen) atoms. The van der Waals surface area contributed by atoms with E-state index in [4.69, 9.17) is 9.47 Å². The van der Waals surface area contributed by atoms with Crippen LogP contribution in [0.25, 0.3) is 0 Å². The molecule has 0 N–H and O–H groups in total. The van der Waals surface area contributed by atoms with E-state index in [2.05, 4.69) is 6.92 Å². The summed E-state index contributed by atoms with van der Waals surface area (Å²) in [6, 6.07) is 0. The van der Waals surface area contributed by atoms with Crippen LogP contribution in [0, 0.1) is 5.92 Å². The molecule has 0 aromatic rings. The molecule has 0 unspecified atom stereocenters. The van der Waals surface area contributed by atoms with Crippen LogP contribution in [0.2, 0.25) is 0 Å². The van der Waals surface area contributed by atoms with Crippen LogP contribution in [0.4, 0.5) is 0 Å². The van der Waals surface area contributed by atoms with Crippen molar-refractivity contribution in [2.24, 2.45) is 5.92 Å². The van der Waals surface area contributed by atoms with E-state index in [1.54, 1.807) is 0 Å². The lowest BCUT2D eigenvalue weighted by Gasteiger charge is -2.35. The maximum absolute atomic E-state index is 5.59. The molecule has 1 heterocycles. The fraction of sp³-hybridized carbons (Fsp3) is 1.00. The summed E-state index contributed by atoms with van der Waals surface area (Å²) < 4.78 is 11.2. The molecule has 0 amide bonds. The summed E-state index contributed by atoms with van der Waals surface area (Å²) in [5.74, 6) is 0.279. The van der Waals surface area contributed by atoms with Gasteiger partial charge in [-0.1, -0.05) is 26.2 Å². The van der Waals surface area contributed by atoms with Crippen molar-refractivity contribution in [2.45, 2.75) is 52.2 Å². The van der Waals surface area contributed by atoms with Crippen molar-refractivity contribution in [1.82, 2.24) is 0 Å². The SMILES string of the molecule is CCCCCC1COC(C)(C)OC1. The van der Waals surface area contributed by atoms with E-state index in [1.807, 2.05) is 13.8 Å². The molecule has 1 aliphatic rings. The molecule has 1 saturated heterocycles. The smallest absolute Gasteiger partial charge is 0.162 e. The Balaban J connectivity index is 2.11. The lowest BCUT2D eigenvalue weighted by molar-refractivity contribution is -0.262. The van der Waals surface area contributed by atoms with Crippen LogP contribution in [-0.2, 0) is 9.47 Å². The Kier molecular flexibility index (Phi) is 4.20. The highest BCUT2D eigenvalue weighted by Gasteiger charge is 2.27. The number of unbranched alkanes of at least 4 members (excludes halogenated alkanes) is 2. The van der Waals surface area contributed by atoms with Gasteiger partial charge in [-0.25, -0.2) is 0 Å². The average Bonchev–Trinajstić information content (AvgIpc) is 2.08. The summed E-state index contributed by atoms with van der Waals surface area (Å²) in [5.41, 5.74) is 0. The van der Waals surface area contributed by atoms with E-state index in [1.165, 1.54) is 25.7 Å². The first-order valence-corrected chi connectivity index (χ1v) is 5.42. The minimum Gasteiger partial charge on any atom is -0.350 e. The Labute approximate surface area is 81.6 Å². The van der Waals surface area contributed by atoms with Gasteiger partial charge in [0.25, 0.3) is 0 Å². The van der Waals surface area contributed by atoms with Crippen molar-refractivity contribution >= 4 is 0 Å². The molecule has 0 aromatic carbocycles. The molecule has 1 aliphatic heterocycles. The second kappa shape index (κ2) is 4.97. The van der Waals surface area contributed by atoms with Crippen LogP contribution in [0.5, 0.6) is 0 Å². The van der Waals surface area contributed by atoms with Crippen molar-refractivity contribution in [2.75, 3.05) is 13.2 Å². The molecule has 2 nitrogen and oxygen atoms in total. The normalized spacial score (nSPS) is 23.3. The van der Waals surface area contributed by atoms with E-state index in [0.717, 1.165) is 13.2 Å². The van der Waals surface area contributed by atoms with Crippen molar-refractivity contribution in [3.05, 3.63) is 0 Å². The van der Waals surface area contributed by atoms with Gasteiger partial charge >= 0.3 is 0 Å². The maximum atomic E-state index is 5.59. The third-order valence-electron chi connectivity index (χ3n) is 2.55. The summed E-state index contributed by atoms with van der Waals surface area (Å²) in [4.78, 5) is 0. The summed E-state index contributed by atoms with van der Waals surface area (Å²) >= 11 is 0. The molecule has 0 aromatic heterocycles. The Bertz CT molecular complexity index is 133. The Morgan fingerprint density at radius 3 is 2.31 bits per heavy atom. The average molecular weight is 186 g/mol. The van der Waals surface area contributed by atoms with Gasteiger partial charge in [-0.3, -0.25) is 0 Å². The third-order valence-corrected chi connectivity index (χ3v) is 2.55. The van der Waals surface area contributed by atoms with E-state index in [9.17, 15) is 0 Å². The third kappa shape index (κ3) is 4.10. The zero-order chi connectivity index (χ0) is 9.73. The van der Waals surface area contributed by atoms with Gasteiger partial charge in [0.1, 0.15) is 0 Å². The van der Waals surface area contributed by atoms with Crippen LogP contribution < -0.4 is 0 Å². The minimum atomic E-state index is -0.346. The van der Waals surface area contributed by atoms with Gasteiger partial charge in [0.15, 0.2) is 5.79 Å². The lowest BCUT2D eigenvalue weighted by atomic mass is 10.0. The van der Waals surface area contributed by atoms with Gasteiger partial charge in [0.05, 0.1) is 13.2 Å². The summed E-state index contributed by atoms with van der Waals surface area (Å²) in [6.45, 7) is 7.94. The van der Waals surface area contributed by atoms with Crippen LogP contribution in [-0.4, -0.2) is 19.0 Å². The molecule has 0 radical (unpaired) electrons. The zero-order valence-corrected chi connectivity index (χ0v) is 9.14. The fourth-order valence-electron chi connectivity index (χ4n) is 1.58. The molecule has 0 aliphatic carbocycles. The van der Waals surface area contributed by atoms with Crippen LogP contribution in [0.3, 0.4) is 0 Å². The van der Waals surface area contributed by atoms with E-state index < -0.39 is 0 Å². The predicted molar refractivity (Wildman–Crippen MR) is 53.6 cm³/mol. The molecule has 0 bridgehead atoms. The molecule has 0 atom stereocenters. The summed E-state index contributed by atoms with van der Waals surface area (Å²) in [7, 11) is 0. The van der Waals surface area contributed by atoms with Gasteiger partial charge in [0.2, 0.25) is 0 Å². The Morgan fingerprint density at radius 1 is 1.15 bits per heavy atom. The van der Waals surface area contributed by atoms with Crippen LogP contribution >= 0.6 is 0 Å². The Morgan fingerprint density at radius 2 is 1.77 bits per heavy atom. The van der Waals surface area contributed by atoms with Gasteiger partial charge in [0, 0.05) is 5.92 Å². The standard InChI is InChI=1S/C11H22O2/c1-4-5-6-7-10-8-12-11(2,3)13-9-10/h10H,4-9H2,1-3H3. The van der Waals surface area contributed by atoms with Gasteiger partial charge < -0.3 is 9.47 Å². The number of ether oxygens (including phenoxy) is 2. The second-order valence-corrected chi connectivity index (χ2v) is 4.38. The highest BCUT2D eigenvalue weighted by molar-refractivity contribution is 4.67. The monoisotopic (exact) mass is 186 g/mol. The minimum absolute atomic E-state index is 0.346. The summed E-state index contributed by atoms with van der Waals surface area (Å²) in [6.07, 6.45) is 5.19. The fourth-order valence-corrected chi connectivity index (χ4v) is 1.58. The molecule has 1 rings (SSSR count). The zero-order valence-electron chi connectivity index (χ0n) is 9.14. The quantitative estimate of drug-likeness (QED) is 0.628. The van der Waals surface area contributed by atoms with Crippen molar-refractivity contribution in [1.29, 1.82) is 0 Å². The van der Waals surface area contributed by atoms with Crippen molar-refractivity contribution in [3.8, 4) is 0 Å². The highest BCUT2D eigenvalue weighted by Crippen LogP contribution is 2.23. The molecule has 0 spiro atoms. The molecule has 1 fully saturated rings. The molecule has 78 valence electrons. The number of hydrogen-bond acceptors (Lipinski definition) is 2. The van der Waals surface area contributed by atoms with Crippen LogP contribution in [0.1, 0.15) is 46.5 Å². The van der Waals surface area contributed by atoms with Gasteiger partial charge in [-0.15, -0.1) is 0 Å². The lowest BCUT2D eigenvalue weighted by Crippen LogP contribution is -2.39. The van der Waals surface area contributed by atoms with E-state index in [0.29, 0.717) is 5.92 Å². The topological polar surface area (TPSA) is 18.5 Å². The number of rotatable bonds is 4. The first kappa shape index (κ1) is 11.0. The molecule has 2 heteroatoms. The second-order valence-electron chi connectivity index (χ2n) is 4.38. The van der Waals surface area contributed by atoms with Gasteiger partial charge in [-0.05, 0) is 20.3 Å². The Hall–Kier alpha value is -0.0800. The molecular weight excluding hydrogens is 164 g/mol. The molecular formula is C11H22O2. The molecule has 0 saturated carbocycles. The predicted octanol–water partition coefficient (Wildman–Crippen LogP) is 2.97. The van der Waals surface area contributed by atoms with E-state index >= 15 is 0 Å². The first-order chi connectivity index (χ1) is 6.14. The summed E-state index contributed by atoms with van der Waals surface area (Å²) in [5, 5.41) is 0. The van der Waals surface area contributed by atoms with E-state index in [-0.39, 0.29) is 5.79 Å². The van der Waals surface area contributed by atoms with Crippen LogP contribution in [0.15, 0.2) is 0 Å². The first-order valence-electron chi connectivity index (χ1n) is 5.42. The largest absolute Gasteiger partial charge is 0.350 e. The highest BCUT2D eigenvalue weighted by atomic mass is 16.7. The van der Waals surface area contributed by atoms with Gasteiger partial charge in [-0.2, -0.15) is 0 Å².